The first-order valence-electron chi connectivity index (χ1n) is 8.29. The third-order valence-corrected chi connectivity index (χ3v) is 4.68. The van der Waals surface area contributed by atoms with Crippen LogP contribution in [0.15, 0.2) is 0 Å². The van der Waals surface area contributed by atoms with E-state index in [0.717, 1.165) is 45.2 Å². The molecule has 1 aromatic heterocycles. The Balaban J connectivity index is 1.61. The highest BCUT2D eigenvalue weighted by atomic mass is 16.5. The first-order valence-corrected chi connectivity index (χ1v) is 8.29. The van der Waals surface area contributed by atoms with Crippen LogP contribution in [0, 0.1) is 0 Å². The molecule has 1 unspecified atom stereocenters. The van der Waals surface area contributed by atoms with Crippen molar-refractivity contribution in [2.24, 2.45) is 0 Å². The second-order valence-electron chi connectivity index (χ2n) is 6.43. The van der Waals surface area contributed by atoms with Crippen LogP contribution < -0.4 is 5.32 Å². The Morgan fingerprint density at radius 3 is 3.00 bits per heavy atom. The van der Waals surface area contributed by atoms with Crippen molar-refractivity contribution in [3.8, 4) is 0 Å². The quantitative estimate of drug-likeness (QED) is 0.914. The number of rotatable bonds is 4. The highest BCUT2D eigenvalue weighted by Crippen LogP contribution is 2.42. The third kappa shape index (κ3) is 2.70. The van der Waals surface area contributed by atoms with Crippen LogP contribution in [-0.4, -0.2) is 41.1 Å². The Morgan fingerprint density at radius 2 is 2.19 bits per heavy atom. The van der Waals surface area contributed by atoms with E-state index >= 15 is 0 Å². The first kappa shape index (κ1) is 13.6. The molecule has 1 saturated heterocycles. The van der Waals surface area contributed by atoms with Gasteiger partial charge in [0.25, 0.3) is 0 Å². The van der Waals surface area contributed by atoms with E-state index in [1.54, 1.807) is 0 Å². The van der Waals surface area contributed by atoms with Gasteiger partial charge in [0.1, 0.15) is 6.10 Å². The lowest BCUT2D eigenvalue weighted by Gasteiger charge is -2.32. The minimum Gasteiger partial charge on any atom is -0.368 e. The van der Waals surface area contributed by atoms with E-state index < -0.39 is 0 Å². The van der Waals surface area contributed by atoms with Crippen LogP contribution in [0.3, 0.4) is 0 Å². The molecule has 1 aromatic rings. The molecule has 2 aliphatic heterocycles. The largest absolute Gasteiger partial charge is 0.368 e. The predicted molar refractivity (Wildman–Crippen MR) is 80.0 cm³/mol. The molecule has 114 valence electrons. The van der Waals surface area contributed by atoms with Crippen molar-refractivity contribution in [3.05, 3.63) is 22.8 Å². The van der Waals surface area contributed by atoms with E-state index in [0.29, 0.717) is 5.92 Å². The summed E-state index contributed by atoms with van der Waals surface area (Å²) in [4.78, 5) is 12.2. The molecule has 21 heavy (non-hydrogen) atoms. The molecule has 2 fully saturated rings. The van der Waals surface area contributed by atoms with E-state index in [4.69, 9.17) is 14.7 Å². The molecule has 5 heteroatoms. The maximum Gasteiger partial charge on any atom is 0.159 e. The van der Waals surface area contributed by atoms with Gasteiger partial charge in [0.15, 0.2) is 5.82 Å². The van der Waals surface area contributed by atoms with Crippen molar-refractivity contribution in [2.45, 2.75) is 51.3 Å². The summed E-state index contributed by atoms with van der Waals surface area (Å²) in [5.41, 5.74) is 3.87. The summed E-state index contributed by atoms with van der Waals surface area (Å²) in [6, 6.07) is 0. The van der Waals surface area contributed by atoms with Gasteiger partial charge in [-0.15, -0.1) is 0 Å². The van der Waals surface area contributed by atoms with E-state index in [1.807, 2.05) is 0 Å². The summed E-state index contributed by atoms with van der Waals surface area (Å²) >= 11 is 0. The van der Waals surface area contributed by atoms with Gasteiger partial charge in [-0.25, -0.2) is 9.97 Å². The summed E-state index contributed by atoms with van der Waals surface area (Å²) < 4.78 is 5.97. The zero-order chi connectivity index (χ0) is 14.2. The molecule has 0 bridgehead atoms. The van der Waals surface area contributed by atoms with Gasteiger partial charge in [-0.05, 0) is 25.8 Å². The zero-order valence-corrected chi connectivity index (χ0v) is 12.8. The molecule has 5 nitrogen and oxygen atoms in total. The average Bonchev–Trinajstić information content (AvgIpc) is 3.24. The number of nitrogens with zero attached hydrogens (tertiary/aromatic N) is 3. The van der Waals surface area contributed by atoms with Gasteiger partial charge >= 0.3 is 0 Å². The smallest absolute Gasteiger partial charge is 0.159 e. The standard InChI is InChI=1S/C16H24N4O/c1-2-5-20-6-7-21-14(10-20)16-18-13-9-17-8-12(13)15(19-16)11-3-4-11/h11,14,17H,2-10H2,1H3. The third-order valence-electron chi connectivity index (χ3n) is 4.68. The lowest BCUT2D eigenvalue weighted by atomic mass is 10.1. The van der Waals surface area contributed by atoms with Crippen LogP contribution >= 0.6 is 0 Å². The van der Waals surface area contributed by atoms with Gasteiger partial charge in [-0.2, -0.15) is 0 Å². The molecule has 3 aliphatic rings. The molecule has 0 aromatic carbocycles. The summed E-state index contributed by atoms with van der Waals surface area (Å²) in [6.45, 7) is 7.96. The van der Waals surface area contributed by atoms with E-state index in [-0.39, 0.29) is 6.10 Å². The van der Waals surface area contributed by atoms with E-state index in [1.165, 1.54) is 36.2 Å². The van der Waals surface area contributed by atoms with Gasteiger partial charge in [-0.3, -0.25) is 4.90 Å². The lowest BCUT2D eigenvalue weighted by molar-refractivity contribution is -0.0344. The van der Waals surface area contributed by atoms with Crippen molar-refractivity contribution < 1.29 is 4.74 Å². The van der Waals surface area contributed by atoms with Crippen LogP contribution in [-0.2, 0) is 17.8 Å². The Bertz CT molecular complexity index is 527. The van der Waals surface area contributed by atoms with E-state index in [9.17, 15) is 0 Å². The summed E-state index contributed by atoms with van der Waals surface area (Å²) in [5.74, 6) is 1.59. The summed E-state index contributed by atoms with van der Waals surface area (Å²) in [5, 5.41) is 3.42. The number of nitrogens with one attached hydrogen (secondary N) is 1. The molecular formula is C16H24N4O. The molecule has 3 heterocycles. The normalized spacial score (nSPS) is 26.0. The number of hydrogen-bond acceptors (Lipinski definition) is 5. The number of hydrogen-bond donors (Lipinski definition) is 1. The molecule has 1 saturated carbocycles. The molecule has 0 amide bonds. The Hall–Kier alpha value is -1.04. The highest BCUT2D eigenvalue weighted by molar-refractivity contribution is 5.34. The summed E-state index contributed by atoms with van der Waals surface area (Å²) in [6.07, 6.45) is 3.82. The maximum atomic E-state index is 5.97. The van der Waals surface area contributed by atoms with Crippen molar-refractivity contribution in [1.82, 2.24) is 20.2 Å². The van der Waals surface area contributed by atoms with Gasteiger partial charge in [0.05, 0.1) is 18.0 Å². The van der Waals surface area contributed by atoms with Crippen LogP contribution in [0.2, 0.25) is 0 Å². The Morgan fingerprint density at radius 1 is 1.29 bits per heavy atom. The SMILES string of the molecule is CCCN1CCOC(c2nc3c(c(C4CC4)n2)CNC3)C1. The molecule has 1 N–H and O–H groups in total. The van der Waals surface area contributed by atoms with Crippen molar-refractivity contribution in [3.63, 3.8) is 0 Å². The van der Waals surface area contributed by atoms with Gasteiger partial charge in [-0.1, -0.05) is 6.92 Å². The minimum absolute atomic E-state index is 0.0497. The van der Waals surface area contributed by atoms with Crippen LogP contribution in [0.25, 0.3) is 0 Å². The minimum atomic E-state index is 0.0497. The molecule has 1 aliphatic carbocycles. The topological polar surface area (TPSA) is 50.3 Å². The fourth-order valence-corrected chi connectivity index (χ4v) is 3.43. The van der Waals surface area contributed by atoms with Gasteiger partial charge in [0.2, 0.25) is 0 Å². The van der Waals surface area contributed by atoms with E-state index in [2.05, 4.69) is 17.1 Å². The van der Waals surface area contributed by atoms with Crippen LogP contribution in [0.5, 0.6) is 0 Å². The van der Waals surface area contributed by atoms with Crippen molar-refractivity contribution in [2.75, 3.05) is 26.2 Å². The molecular weight excluding hydrogens is 264 g/mol. The number of morpholine rings is 1. The summed E-state index contributed by atoms with van der Waals surface area (Å²) in [7, 11) is 0. The molecule has 0 radical (unpaired) electrons. The maximum absolute atomic E-state index is 5.97. The second kappa shape index (κ2) is 5.63. The average molecular weight is 288 g/mol. The Kier molecular flexibility index (Phi) is 3.65. The number of aromatic nitrogens is 2. The highest BCUT2D eigenvalue weighted by Gasteiger charge is 2.33. The van der Waals surface area contributed by atoms with Gasteiger partial charge < -0.3 is 10.1 Å². The fourth-order valence-electron chi connectivity index (χ4n) is 3.43. The number of ether oxygens (including phenoxy) is 1. The van der Waals surface area contributed by atoms with Crippen molar-refractivity contribution in [1.29, 1.82) is 0 Å². The van der Waals surface area contributed by atoms with Crippen LogP contribution in [0.1, 0.15) is 61.0 Å². The van der Waals surface area contributed by atoms with Crippen LogP contribution in [0.4, 0.5) is 0 Å². The first-order chi connectivity index (χ1) is 10.3. The van der Waals surface area contributed by atoms with Crippen molar-refractivity contribution >= 4 is 0 Å². The number of fused-ring (bicyclic) bond motifs is 1. The second-order valence-corrected chi connectivity index (χ2v) is 6.43. The predicted octanol–water partition coefficient (Wildman–Crippen LogP) is 1.74. The molecule has 1 atom stereocenters. The molecule has 4 rings (SSSR count). The monoisotopic (exact) mass is 288 g/mol. The fraction of sp³-hybridized carbons (Fsp3) is 0.750. The van der Waals surface area contributed by atoms with Gasteiger partial charge in [0, 0.05) is 37.7 Å². The molecule has 0 spiro atoms. The zero-order valence-electron chi connectivity index (χ0n) is 12.8. The lowest BCUT2D eigenvalue weighted by Crippen LogP contribution is -2.39. The Labute approximate surface area is 126 Å².